The van der Waals surface area contributed by atoms with Crippen molar-refractivity contribution >= 4 is 29.4 Å². The monoisotopic (exact) mass is 465 g/mol. The molecule has 3 heterocycles. The molecule has 2 N–H and O–H groups in total. The zero-order valence-electron chi connectivity index (χ0n) is 18.0. The van der Waals surface area contributed by atoms with Gasteiger partial charge in [0.05, 0.1) is 18.7 Å². The van der Waals surface area contributed by atoms with Gasteiger partial charge in [0.25, 0.3) is 11.8 Å². The smallest absolute Gasteiger partial charge is 0.274 e. The summed E-state index contributed by atoms with van der Waals surface area (Å²) < 4.78 is 0. The van der Waals surface area contributed by atoms with Gasteiger partial charge in [0.15, 0.2) is 0 Å². The molecule has 33 heavy (non-hydrogen) atoms. The van der Waals surface area contributed by atoms with Crippen LogP contribution >= 0.6 is 11.6 Å². The normalized spacial score (nSPS) is 18.2. The second kappa shape index (κ2) is 8.97. The summed E-state index contributed by atoms with van der Waals surface area (Å²) in [4.78, 5) is 36.0. The van der Waals surface area contributed by atoms with Gasteiger partial charge in [0, 0.05) is 48.9 Å². The third-order valence-corrected chi connectivity index (χ3v) is 6.47. The number of aliphatic imine (C=N–C) groups is 1. The van der Waals surface area contributed by atoms with Crippen LogP contribution < -0.4 is 5.48 Å². The largest absolute Gasteiger partial charge is 0.314 e. The van der Waals surface area contributed by atoms with Gasteiger partial charge < -0.3 is 4.90 Å². The average Bonchev–Trinajstić information content (AvgIpc) is 3.31. The van der Waals surface area contributed by atoms with Crippen molar-refractivity contribution in [2.24, 2.45) is 4.99 Å². The Hall–Kier alpha value is -3.20. The maximum atomic E-state index is 13.6. The molecule has 9 heteroatoms. The number of benzene rings is 2. The van der Waals surface area contributed by atoms with Crippen LogP contribution in [0.25, 0.3) is 0 Å². The van der Waals surface area contributed by atoms with E-state index in [0.717, 1.165) is 48.5 Å². The number of rotatable bonds is 5. The lowest BCUT2D eigenvalue weighted by Crippen LogP contribution is -2.53. The van der Waals surface area contributed by atoms with Crippen LogP contribution in [-0.4, -0.2) is 63.9 Å². The summed E-state index contributed by atoms with van der Waals surface area (Å²) in [7, 11) is 0. The molecular formula is C24H24ClN5O3. The molecule has 8 nitrogen and oxygen atoms in total. The van der Waals surface area contributed by atoms with E-state index in [4.69, 9.17) is 16.8 Å². The molecule has 0 radical (unpaired) electrons. The van der Waals surface area contributed by atoms with Gasteiger partial charge in [-0.1, -0.05) is 35.9 Å². The number of amides is 2. The van der Waals surface area contributed by atoms with Gasteiger partial charge in [-0.2, -0.15) is 0 Å². The van der Waals surface area contributed by atoms with E-state index < -0.39 is 5.91 Å². The lowest BCUT2D eigenvalue weighted by Gasteiger charge is -2.42. The SMILES string of the molecule is O=C(NO)c1ccc(CN2C(=O)C3=C(CCN(Cc4cccc(Cl)c4)C3)N3CCN=C23)cc1. The Bertz CT molecular complexity index is 1160. The van der Waals surface area contributed by atoms with Crippen LogP contribution in [0.5, 0.6) is 0 Å². The van der Waals surface area contributed by atoms with Crippen molar-refractivity contribution in [1.29, 1.82) is 0 Å². The number of nitrogens with zero attached hydrogens (tertiary/aromatic N) is 4. The molecule has 0 saturated carbocycles. The van der Waals surface area contributed by atoms with Crippen LogP contribution in [0.15, 0.2) is 64.8 Å². The van der Waals surface area contributed by atoms with Crippen LogP contribution in [0.4, 0.5) is 0 Å². The molecule has 0 atom stereocenters. The highest BCUT2D eigenvalue weighted by molar-refractivity contribution is 6.30. The topological polar surface area (TPSA) is 88.5 Å². The Balaban J connectivity index is 1.36. The Kier molecular flexibility index (Phi) is 5.88. The number of hydroxylamine groups is 1. The van der Waals surface area contributed by atoms with Gasteiger partial charge in [-0.25, -0.2) is 5.48 Å². The minimum Gasteiger partial charge on any atom is -0.314 e. The first-order valence-corrected chi connectivity index (χ1v) is 11.3. The van der Waals surface area contributed by atoms with Gasteiger partial charge in [-0.15, -0.1) is 0 Å². The van der Waals surface area contributed by atoms with Gasteiger partial charge in [-0.05, 0) is 35.4 Å². The molecule has 2 amide bonds. The number of carbonyl (C=O) groups is 2. The predicted molar refractivity (Wildman–Crippen MR) is 124 cm³/mol. The van der Waals surface area contributed by atoms with Gasteiger partial charge >= 0.3 is 0 Å². The number of hydrogen-bond acceptors (Lipinski definition) is 6. The summed E-state index contributed by atoms with van der Waals surface area (Å²) in [6.07, 6.45) is 0.805. The van der Waals surface area contributed by atoms with E-state index in [0.29, 0.717) is 36.2 Å². The highest BCUT2D eigenvalue weighted by Crippen LogP contribution is 2.32. The van der Waals surface area contributed by atoms with Crippen molar-refractivity contribution in [3.63, 3.8) is 0 Å². The fraction of sp³-hybridized carbons (Fsp3) is 0.292. The molecule has 0 unspecified atom stereocenters. The minimum atomic E-state index is -0.571. The molecule has 0 fully saturated rings. The molecule has 170 valence electrons. The Morgan fingerprint density at radius 3 is 2.67 bits per heavy atom. The van der Waals surface area contributed by atoms with Crippen LogP contribution in [0.2, 0.25) is 5.02 Å². The van der Waals surface area contributed by atoms with E-state index >= 15 is 0 Å². The number of carbonyl (C=O) groups excluding carboxylic acids is 2. The molecule has 0 aliphatic carbocycles. The average molecular weight is 466 g/mol. The summed E-state index contributed by atoms with van der Waals surface area (Å²) in [5.74, 6) is 0.118. The molecular weight excluding hydrogens is 442 g/mol. The fourth-order valence-corrected chi connectivity index (χ4v) is 4.87. The van der Waals surface area contributed by atoms with Crippen molar-refractivity contribution in [3.8, 4) is 0 Å². The first kappa shape index (κ1) is 21.6. The Morgan fingerprint density at radius 2 is 1.91 bits per heavy atom. The molecule has 0 saturated heterocycles. The molecule has 5 rings (SSSR count). The molecule has 2 aromatic rings. The van der Waals surface area contributed by atoms with Crippen molar-refractivity contribution in [2.75, 3.05) is 26.2 Å². The quantitative estimate of drug-likeness (QED) is 0.523. The third-order valence-electron chi connectivity index (χ3n) is 6.24. The van der Waals surface area contributed by atoms with Gasteiger partial charge in [0.1, 0.15) is 0 Å². The van der Waals surface area contributed by atoms with E-state index in [9.17, 15) is 9.59 Å². The Labute approximate surface area is 196 Å². The van der Waals surface area contributed by atoms with Crippen LogP contribution in [0, 0.1) is 0 Å². The van der Waals surface area contributed by atoms with E-state index in [1.54, 1.807) is 34.6 Å². The lowest BCUT2D eigenvalue weighted by molar-refractivity contribution is -0.125. The van der Waals surface area contributed by atoms with Crippen LogP contribution in [-0.2, 0) is 17.9 Å². The van der Waals surface area contributed by atoms with Gasteiger partial charge in [-0.3, -0.25) is 29.6 Å². The molecule has 2 aromatic carbocycles. The standard InChI is InChI=1S/C24H24ClN5O3/c25-19-3-1-2-17(12-19)13-28-10-8-21-20(15-28)23(32)30(24-26-9-11-29(21)24)14-16-4-6-18(7-5-16)22(31)27-33/h1-7,12,33H,8-11,13-15H2,(H,27,31). The number of halogens is 1. The second-order valence-corrected chi connectivity index (χ2v) is 8.81. The summed E-state index contributed by atoms with van der Waals surface area (Å²) in [6.45, 7) is 3.99. The van der Waals surface area contributed by atoms with E-state index in [1.807, 2.05) is 18.2 Å². The summed E-state index contributed by atoms with van der Waals surface area (Å²) in [5, 5.41) is 9.52. The molecule has 3 aliphatic rings. The Morgan fingerprint density at radius 1 is 1.09 bits per heavy atom. The summed E-state index contributed by atoms with van der Waals surface area (Å²) in [5.41, 5.74) is 5.89. The number of guanidine groups is 1. The van der Waals surface area contributed by atoms with Crippen molar-refractivity contribution in [2.45, 2.75) is 19.5 Å². The number of fused-ring (bicyclic) bond motifs is 2. The molecule has 0 spiro atoms. The van der Waals surface area contributed by atoms with Crippen LogP contribution in [0.1, 0.15) is 27.9 Å². The van der Waals surface area contributed by atoms with E-state index in [2.05, 4.69) is 20.9 Å². The fourth-order valence-electron chi connectivity index (χ4n) is 4.65. The molecule has 3 aliphatic heterocycles. The first-order chi connectivity index (χ1) is 16.0. The lowest BCUT2D eigenvalue weighted by atomic mass is 10.00. The first-order valence-electron chi connectivity index (χ1n) is 10.9. The maximum absolute atomic E-state index is 13.6. The highest BCUT2D eigenvalue weighted by Gasteiger charge is 2.40. The van der Waals surface area contributed by atoms with Crippen molar-refractivity contribution in [3.05, 3.63) is 81.5 Å². The maximum Gasteiger partial charge on any atom is 0.274 e. The van der Waals surface area contributed by atoms with Crippen molar-refractivity contribution < 1.29 is 14.8 Å². The second-order valence-electron chi connectivity index (χ2n) is 8.38. The number of hydrogen-bond donors (Lipinski definition) is 2. The summed E-state index contributed by atoms with van der Waals surface area (Å²) in [6, 6.07) is 14.7. The molecule has 0 aromatic heterocycles. The highest BCUT2D eigenvalue weighted by atomic mass is 35.5. The zero-order chi connectivity index (χ0) is 22.9. The van der Waals surface area contributed by atoms with Gasteiger partial charge in [0.2, 0.25) is 5.96 Å². The minimum absolute atomic E-state index is 0.0186. The molecule has 0 bridgehead atoms. The van der Waals surface area contributed by atoms with E-state index in [1.165, 1.54) is 0 Å². The zero-order valence-corrected chi connectivity index (χ0v) is 18.8. The van der Waals surface area contributed by atoms with E-state index in [-0.39, 0.29) is 5.91 Å². The predicted octanol–water partition coefficient (Wildman–Crippen LogP) is 2.63. The summed E-state index contributed by atoms with van der Waals surface area (Å²) >= 11 is 6.15. The number of nitrogens with one attached hydrogen (secondary N) is 1. The van der Waals surface area contributed by atoms with Crippen molar-refractivity contribution in [1.82, 2.24) is 20.2 Å². The third kappa shape index (κ3) is 4.25. The van der Waals surface area contributed by atoms with Crippen LogP contribution in [0.3, 0.4) is 0 Å².